The van der Waals surface area contributed by atoms with Crippen LogP contribution in [0.2, 0.25) is 0 Å². The Balaban J connectivity index is 2.65. The Morgan fingerprint density at radius 2 is 1.59 bits per heavy atom. The average Bonchev–Trinajstić information content (AvgIpc) is 2.76. The molecule has 0 aliphatic heterocycles. The highest BCUT2D eigenvalue weighted by Crippen LogP contribution is 2.31. The van der Waals surface area contributed by atoms with E-state index >= 15 is 0 Å². The lowest BCUT2D eigenvalue weighted by Crippen LogP contribution is -2.17. The highest BCUT2D eigenvalue weighted by Gasteiger charge is 2.21. The van der Waals surface area contributed by atoms with E-state index in [1.165, 1.54) is 27.4 Å². The molecule has 0 amide bonds. The number of carbonyl (C=O) groups is 2. The third-order valence-electron chi connectivity index (χ3n) is 3.87. The third-order valence-corrected chi connectivity index (χ3v) is 3.87. The van der Waals surface area contributed by atoms with Crippen molar-refractivity contribution in [3.63, 3.8) is 0 Å². The zero-order valence-corrected chi connectivity index (χ0v) is 16.8. The van der Waals surface area contributed by atoms with E-state index in [-0.39, 0.29) is 12.2 Å². The molecule has 0 saturated carbocycles. The quantitative estimate of drug-likeness (QED) is 0.246. The zero-order chi connectivity index (χ0) is 21.2. The van der Waals surface area contributed by atoms with Crippen LogP contribution in [-0.4, -0.2) is 39.9 Å². The molecule has 2 aromatic carbocycles. The highest BCUT2D eigenvalue weighted by molar-refractivity contribution is 6.17. The van der Waals surface area contributed by atoms with Gasteiger partial charge in [0.1, 0.15) is 5.57 Å². The predicted molar refractivity (Wildman–Crippen MR) is 109 cm³/mol. The lowest BCUT2D eigenvalue weighted by molar-refractivity contribution is -0.145. The fourth-order valence-electron chi connectivity index (χ4n) is 2.46. The molecule has 0 aliphatic carbocycles. The Kier molecular flexibility index (Phi) is 7.87. The molecule has 0 radical (unpaired) electrons. The summed E-state index contributed by atoms with van der Waals surface area (Å²) < 4.78 is 20.4. The van der Waals surface area contributed by atoms with Crippen LogP contribution in [0.4, 0.5) is 0 Å². The second-order valence-electron chi connectivity index (χ2n) is 5.68. The maximum absolute atomic E-state index is 12.2. The summed E-state index contributed by atoms with van der Waals surface area (Å²) in [7, 11) is 4.20. The number of rotatable bonds is 6. The molecule has 0 atom stereocenters. The Morgan fingerprint density at radius 1 is 0.931 bits per heavy atom. The molecule has 0 heterocycles. The highest BCUT2D eigenvalue weighted by atomic mass is 16.5. The van der Waals surface area contributed by atoms with Crippen molar-refractivity contribution in [3.05, 3.63) is 64.7 Å². The lowest BCUT2D eigenvalue weighted by atomic mass is 10.0. The van der Waals surface area contributed by atoms with Gasteiger partial charge in [0.25, 0.3) is 0 Å². The van der Waals surface area contributed by atoms with E-state index in [1.807, 2.05) is 30.3 Å². The maximum Gasteiger partial charge on any atom is 0.345 e. The van der Waals surface area contributed by atoms with Gasteiger partial charge in [0.2, 0.25) is 0 Å². The molecule has 0 fully saturated rings. The maximum atomic E-state index is 12.2. The van der Waals surface area contributed by atoms with Gasteiger partial charge in [-0.1, -0.05) is 30.0 Å². The summed E-state index contributed by atoms with van der Waals surface area (Å²) in [6.45, 7) is 1.78. The second kappa shape index (κ2) is 10.6. The molecule has 0 bridgehead atoms. The fraction of sp³-hybridized carbons (Fsp3) is 0.217. The number of ether oxygens (including phenoxy) is 4. The van der Waals surface area contributed by atoms with Crippen LogP contribution in [0.15, 0.2) is 48.0 Å². The van der Waals surface area contributed by atoms with E-state index in [9.17, 15) is 9.59 Å². The number of carbonyl (C=O) groups excluding carboxylic acids is 2. The average molecular weight is 394 g/mol. The van der Waals surface area contributed by atoms with Gasteiger partial charge in [-0.15, -0.1) is 0 Å². The summed E-state index contributed by atoms with van der Waals surface area (Å²) in [5.41, 5.74) is 1.59. The van der Waals surface area contributed by atoms with Gasteiger partial charge < -0.3 is 18.9 Å². The first-order valence-electron chi connectivity index (χ1n) is 8.84. The first-order valence-corrected chi connectivity index (χ1v) is 8.84. The van der Waals surface area contributed by atoms with Crippen molar-refractivity contribution in [2.24, 2.45) is 0 Å². The van der Waals surface area contributed by atoms with Crippen LogP contribution in [0.1, 0.15) is 23.6 Å². The zero-order valence-electron chi connectivity index (χ0n) is 16.8. The molecular weight excluding hydrogens is 372 g/mol. The smallest absolute Gasteiger partial charge is 0.345 e. The third kappa shape index (κ3) is 5.63. The number of esters is 2. The SMILES string of the molecule is CCOC(=O)/C(=C\c1cc(OC)c(OC)cc1C#Cc1ccccc1)C(=O)OC. The molecule has 0 saturated heterocycles. The van der Waals surface area contributed by atoms with E-state index in [0.717, 1.165) is 5.56 Å². The summed E-state index contributed by atoms with van der Waals surface area (Å²) in [6.07, 6.45) is 1.38. The molecule has 29 heavy (non-hydrogen) atoms. The first-order chi connectivity index (χ1) is 14.0. The van der Waals surface area contributed by atoms with Gasteiger partial charge in [0, 0.05) is 17.2 Å². The van der Waals surface area contributed by atoms with Gasteiger partial charge in [0.15, 0.2) is 11.5 Å². The molecule has 2 aromatic rings. The van der Waals surface area contributed by atoms with Crippen LogP contribution in [0.3, 0.4) is 0 Å². The Bertz CT molecular complexity index is 964. The van der Waals surface area contributed by atoms with Crippen LogP contribution in [0, 0.1) is 11.8 Å². The minimum atomic E-state index is -0.805. The Labute approximate surface area is 170 Å². The van der Waals surface area contributed by atoms with Gasteiger partial charge in [-0.05, 0) is 36.8 Å². The van der Waals surface area contributed by atoms with Crippen molar-refractivity contribution < 1.29 is 28.5 Å². The van der Waals surface area contributed by atoms with Gasteiger partial charge in [0.05, 0.1) is 27.9 Å². The minimum Gasteiger partial charge on any atom is -0.493 e. The lowest BCUT2D eigenvalue weighted by Gasteiger charge is -2.11. The van der Waals surface area contributed by atoms with Crippen LogP contribution in [0.5, 0.6) is 11.5 Å². The minimum absolute atomic E-state index is 0.125. The molecular formula is C23H22O6. The van der Waals surface area contributed by atoms with Crippen LogP contribution in [0.25, 0.3) is 6.08 Å². The monoisotopic (exact) mass is 394 g/mol. The molecule has 0 aliphatic rings. The first kappa shape index (κ1) is 21.6. The molecule has 0 spiro atoms. The van der Waals surface area contributed by atoms with Gasteiger partial charge in [-0.25, -0.2) is 9.59 Å². The summed E-state index contributed by atoms with van der Waals surface area (Å²) in [4.78, 5) is 24.4. The molecule has 0 unspecified atom stereocenters. The standard InChI is InChI=1S/C23H22O6/c1-5-29-23(25)19(22(24)28-4)13-18-15-21(27-3)20(26-2)14-17(18)12-11-16-9-7-6-8-10-16/h6-10,13-15H,5H2,1-4H3/b19-13-. The van der Waals surface area contributed by atoms with Gasteiger partial charge >= 0.3 is 11.9 Å². The normalized spacial score (nSPS) is 10.4. The molecule has 6 heteroatoms. The van der Waals surface area contributed by atoms with E-state index in [2.05, 4.69) is 11.8 Å². The number of methoxy groups -OCH3 is 3. The van der Waals surface area contributed by atoms with Crippen LogP contribution in [-0.2, 0) is 19.1 Å². The summed E-state index contributed by atoms with van der Waals surface area (Å²) in [5, 5.41) is 0. The van der Waals surface area contributed by atoms with Crippen LogP contribution < -0.4 is 9.47 Å². The molecule has 2 rings (SSSR count). The van der Waals surface area contributed by atoms with E-state index in [0.29, 0.717) is 22.6 Å². The van der Waals surface area contributed by atoms with Crippen molar-refractivity contribution in [2.75, 3.05) is 27.9 Å². The number of benzene rings is 2. The van der Waals surface area contributed by atoms with Crippen molar-refractivity contribution in [1.82, 2.24) is 0 Å². The van der Waals surface area contributed by atoms with Gasteiger partial charge in [-0.3, -0.25) is 0 Å². The van der Waals surface area contributed by atoms with Crippen molar-refractivity contribution in [2.45, 2.75) is 6.92 Å². The van der Waals surface area contributed by atoms with Crippen LogP contribution >= 0.6 is 0 Å². The summed E-state index contributed by atoms with van der Waals surface area (Å²) in [5.74, 6) is 5.42. The van der Waals surface area contributed by atoms with E-state index < -0.39 is 11.9 Å². The van der Waals surface area contributed by atoms with E-state index in [1.54, 1.807) is 19.1 Å². The summed E-state index contributed by atoms with van der Waals surface area (Å²) >= 11 is 0. The Morgan fingerprint density at radius 3 is 2.17 bits per heavy atom. The molecule has 150 valence electrons. The Hall–Kier alpha value is -3.72. The van der Waals surface area contributed by atoms with Crippen molar-refractivity contribution >= 4 is 18.0 Å². The molecule has 0 N–H and O–H groups in total. The second-order valence-corrected chi connectivity index (χ2v) is 5.68. The number of hydrogen-bond donors (Lipinski definition) is 0. The fourth-order valence-corrected chi connectivity index (χ4v) is 2.46. The predicted octanol–water partition coefficient (Wildman–Crippen LogP) is 3.22. The topological polar surface area (TPSA) is 71.1 Å². The molecule has 6 nitrogen and oxygen atoms in total. The summed E-state index contributed by atoms with van der Waals surface area (Å²) in [6, 6.07) is 12.7. The number of hydrogen-bond acceptors (Lipinski definition) is 6. The van der Waals surface area contributed by atoms with Crippen molar-refractivity contribution in [1.29, 1.82) is 0 Å². The molecule has 0 aromatic heterocycles. The van der Waals surface area contributed by atoms with Crippen molar-refractivity contribution in [3.8, 4) is 23.3 Å². The van der Waals surface area contributed by atoms with Gasteiger partial charge in [-0.2, -0.15) is 0 Å². The largest absolute Gasteiger partial charge is 0.493 e. The van der Waals surface area contributed by atoms with E-state index in [4.69, 9.17) is 18.9 Å².